The topological polar surface area (TPSA) is 23.6 Å². The van der Waals surface area contributed by atoms with Gasteiger partial charge in [0.1, 0.15) is 0 Å². The molecule has 1 saturated carbocycles. The first-order chi connectivity index (χ1) is 7.60. The lowest BCUT2D eigenvalue weighted by molar-refractivity contribution is 0.129. The third-order valence-corrected chi connectivity index (χ3v) is 3.79. The normalized spacial score (nSPS) is 25.2. The van der Waals surface area contributed by atoms with Gasteiger partial charge in [0.15, 0.2) is 0 Å². The first-order valence-corrected chi connectivity index (χ1v) is 6.61. The standard InChI is InChI=1S/C13H26N2O/c1-5-15(6-2)13(16)14(4)12-9-7-8-11(3)10-12/h11-12H,5-10H2,1-4H3. The van der Waals surface area contributed by atoms with E-state index in [0.29, 0.717) is 6.04 Å². The predicted molar refractivity (Wildman–Crippen MR) is 67.5 cm³/mol. The molecular weight excluding hydrogens is 200 g/mol. The maximum absolute atomic E-state index is 12.2. The summed E-state index contributed by atoms with van der Waals surface area (Å²) in [6.45, 7) is 7.99. The maximum atomic E-state index is 12.2. The molecule has 3 nitrogen and oxygen atoms in total. The van der Waals surface area contributed by atoms with E-state index in [2.05, 4.69) is 6.92 Å². The minimum Gasteiger partial charge on any atom is -0.325 e. The van der Waals surface area contributed by atoms with Crippen LogP contribution in [-0.2, 0) is 0 Å². The lowest BCUT2D eigenvalue weighted by Gasteiger charge is -2.36. The minimum absolute atomic E-state index is 0.198. The summed E-state index contributed by atoms with van der Waals surface area (Å²) in [5, 5.41) is 0. The fraction of sp³-hybridized carbons (Fsp3) is 0.923. The van der Waals surface area contributed by atoms with Crippen LogP contribution in [0.1, 0.15) is 46.5 Å². The summed E-state index contributed by atoms with van der Waals surface area (Å²) in [4.78, 5) is 16.0. The molecule has 1 aliphatic carbocycles. The molecule has 0 saturated heterocycles. The molecule has 2 amide bonds. The molecule has 16 heavy (non-hydrogen) atoms. The van der Waals surface area contributed by atoms with E-state index in [1.54, 1.807) is 0 Å². The summed E-state index contributed by atoms with van der Waals surface area (Å²) in [5.74, 6) is 0.769. The zero-order valence-electron chi connectivity index (χ0n) is 11.2. The molecule has 2 atom stereocenters. The van der Waals surface area contributed by atoms with Gasteiger partial charge in [-0.3, -0.25) is 0 Å². The minimum atomic E-state index is 0.198. The first-order valence-electron chi connectivity index (χ1n) is 6.61. The van der Waals surface area contributed by atoms with Crippen LogP contribution in [0.25, 0.3) is 0 Å². The second-order valence-corrected chi connectivity index (χ2v) is 4.99. The maximum Gasteiger partial charge on any atom is 0.319 e. The van der Waals surface area contributed by atoms with Gasteiger partial charge in [-0.1, -0.05) is 19.8 Å². The molecule has 0 spiro atoms. The van der Waals surface area contributed by atoms with E-state index in [-0.39, 0.29) is 6.03 Å². The van der Waals surface area contributed by atoms with Gasteiger partial charge in [-0.25, -0.2) is 4.79 Å². The van der Waals surface area contributed by atoms with Crippen molar-refractivity contribution >= 4 is 6.03 Å². The zero-order valence-corrected chi connectivity index (χ0v) is 11.2. The van der Waals surface area contributed by atoms with Crippen LogP contribution in [-0.4, -0.2) is 42.0 Å². The number of urea groups is 1. The molecule has 1 fully saturated rings. The van der Waals surface area contributed by atoms with E-state index in [9.17, 15) is 4.79 Å². The van der Waals surface area contributed by atoms with Crippen molar-refractivity contribution in [3.8, 4) is 0 Å². The Kier molecular flexibility index (Phi) is 5.10. The molecule has 3 heteroatoms. The molecule has 0 aliphatic heterocycles. The number of rotatable bonds is 3. The van der Waals surface area contributed by atoms with Crippen LogP contribution in [0.15, 0.2) is 0 Å². The Hall–Kier alpha value is -0.730. The number of nitrogens with zero attached hydrogens (tertiary/aromatic N) is 2. The van der Waals surface area contributed by atoms with Crippen molar-refractivity contribution in [2.24, 2.45) is 5.92 Å². The summed E-state index contributed by atoms with van der Waals surface area (Å²) in [7, 11) is 1.96. The average Bonchev–Trinajstić information content (AvgIpc) is 2.29. The molecule has 1 rings (SSSR count). The highest BCUT2D eigenvalue weighted by molar-refractivity contribution is 5.74. The summed E-state index contributed by atoms with van der Waals surface area (Å²) >= 11 is 0. The van der Waals surface area contributed by atoms with E-state index in [1.165, 1.54) is 25.7 Å². The van der Waals surface area contributed by atoms with Gasteiger partial charge >= 0.3 is 6.03 Å². The smallest absolute Gasteiger partial charge is 0.319 e. The largest absolute Gasteiger partial charge is 0.325 e. The van der Waals surface area contributed by atoms with Crippen LogP contribution in [0.5, 0.6) is 0 Å². The Morgan fingerprint density at radius 1 is 1.25 bits per heavy atom. The summed E-state index contributed by atoms with van der Waals surface area (Å²) in [5.41, 5.74) is 0. The average molecular weight is 226 g/mol. The molecule has 0 N–H and O–H groups in total. The van der Waals surface area contributed by atoms with Crippen molar-refractivity contribution in [1.82, 2.24) is 9.80 Å². The Morgan fingerprint density at radius 2 is 1.88 bits per heavy atom. The van der Waals surface area contributed by atoms with Crippen LogP contribution in [0, 0.1) is 5.92 Å². The van der Waals surface area contributed by atoms with Gasteiger partial charge in [-0.05, 0) is 32.6 Å². The summed E-state index contributed by atoms with van der Waals surface area (Å²) < 4.78 is 0. The quantitative estimate of drug-likeness (QED) is 0.725. The SMILES string of the molecule is CCN(CC)C(=O)N(C)C1CCCC(C)C1. The van der Waals surface area contributed by atoms with Crippen molar-refractivity contribution in [3.63, 3.8) is 0 Å². The lowest BCUT2D eigenvalue weighted by atomic mass is 9.86. The van der Waals surface area contributed by atoms with E-state index < -0.39 is 0 Å². The molecule has 0 aromatic rings. The van der Waals surface area contributed by atoms with Crippen molar-refractivity contribution in [3.05, 3.63) is 0 Å². The molecule has 0 bridgehead atoms. The third-order valence-electron chi connectivity index (χ3n) is 3.79. The van der Waals surface area contributed by atoms with Gasteiger partial charge in [0, 0.05) is 26.2 Å². The van der Waals surface area contributed by atoms with Gasteiger partial charge in [-0.15, -0.1) is 0 Å². The zero-order chi connectivity index (χ0) is 12.1. The van der Waals surface area contributed by atoms with E-state index in [4.69, 9.17) is 0 Å². The van der Waals surface area contributed by atoms with E-state index in [1.807, 2.05) is 30.7 Å². The number of carbonyl (C=O) groups is 1. The fourth-order valence-electron chi connectivity index (χ4n) is 2.63. The summed E-state index contributed by atoms with van der Waals surface area (Å²) in [6, 6.07) is 0.654. The molecule has 0 aromatic heterocycles. The van der Waals surface area contributed by atoms with Crippen molar-refractivity contribution in [2.45, 2.75) is 52.5 Å². The Morgan fingerprint density at radius 3 is 2.38 bits per heavy atom. The summed E-state index contributed by atoms with van der Waals surface area (Å²) in [6.07, 6.45) is 4.93. The number of hydrogen-bond donors (Lipinski definition) is 0. The van der Waals surface area contributed by atoms with Crippen LogP contribution in [0.3, 0.4) is 0 Å². The van der Waals surface area contributed by atoms with E-state index in [0.717, 1.165) is 19.0 Å². The van der Waals surface area contributed by atoms with Crippen molar-refractivity contribution in [2.75, 3.05) is 20.1 Å². The monoisotopic (exact) mass is 226 g/mol. The fourth-order valence-corrected chi connectivity index (χ4v) is 2.63. The molecule has 0 radical (unpaired) electrons. The molecule has 94 valence electrons. The highest BCUT2D eigenvalue weighted by atomic mass is 16.2. The predicted octanol–water partition coefficient (Wildman–Crippen LogP) is 2.96. The Balaban J connectivity index is 2.55. The number of amides is 2. The van der Waals surface area contributed by atoms with Gasteiger partial charge in [0.2, 0.25) is 0 Å². The van der Waals surface area contributed by atoms with Crippen molar-refractivity contribution in [1.29, 1.82) is 0 Å². The second-order valence-electron chi connectivity index (χ2n) is 4.99. The molecule has 2 unspecified atom stereocenters. The van der Waals surface area contributed by atoms with Crippen LogP contribution in [0.2, 0.25) is 0 Å². The Bertz CT molecular complexity index is 226. The third kappa shape index (κ3) is 3.13. The van der Waals surface area contributed by atoms with E-state index >= 15 is 0 Å². The highest BCUT2D eigenvalue weighted by Gasteiger charge is 2.27. The highest BCUT2D eigenvalue weighted by Crippen LogP contribution is 2.27. The van der Waals surface area contributed by atoms with Crippen LogP contribution < -0.4 is 0 Å². The number of hydrogen-bond acceptors (Lipinski definition) is 1. The lowest BCUT2D eigenvalue weighted by Crippen LogP contribution is -2.47. The molecule has 0 heterocycles. The first kappa shape index (κ1) is 13.3. The Labute approximate surface area is 99.8 Å². The van der Waals surface area contributed by atoms with Crippen molar-refractivity contribution < 1.29 is 4.79 Å². The van der Waals surface area contributed by atoms with Gasteiger partial charge < -0.3 is 9.80 Å². The van der Waals surface area contributed by atoms with Crippen LogP contribution >= 0.6 is 0 Å². The van der Waals surface area contributed by atoms with Gasteiger partial charge in [0.25, 0.3) is 0 Å². The van der Waals surface area contributed by atoms with Crippen LogP contribution in [0.4, 0.5) is 4.79 Å². The molecular formula is C13H26N2O. The number of carbonyl (C=O) groups excluding carboxylic acids is 1. The van der Waals surface area contributed by atoms with Gasteiger partial charge in [0.05, 0.1) is 0 Å². The van der Waals surface area contributed by atoms with Gasteiger partial charge in [-0.2, -0.15) is 0 Å². The molecule has 0 aromatic carbocycles. The second kappa shape index (κ2) is 6.12. The molecule has 1 aliphatic rings.